The number of aromatic amines is 1. The molecule has 4 atom stereocenters. The lowest BCUT2D eigenvalue weighted by Gasteiger charge is -2.26. The van der Waals surface area contributed by atoms with Crippen LogP contribution in [-0.4, -0.2) is 57.7 Å². The monoisotopic (exact) mass is 312 g/mol. The smallest absolute Gasteiger partial charge is 0.330 e. The lowest BCUT2D eigenvalue weighted by atomic mass is 10.1. The molecule has 0 amide bonds. The van der Waals surface area contributed by atoms with Crippen LogP contribution in [0.5, 0.6) is 0 Å². The van der Waals surface area contributed by atoms with E-state index in [1.54, 1.807) is 0 Å². The summed E-state index contributed by atoms with van der Waals surface area (Å²) in [6.07, 6.45) is 1.08. The first kappa shape index (κ1) is 15.4. The van der Waals surface area contributed by atoms with E-state index >= 15 is 0 Å². The van der Waals surface area contributed by atoms with E-state index in [0.29, 0.717) is 6.54 Å². The van der Waals surface area contributed by atoms with Crippen LogP contribution in [0, 0.1) is 0 Å². The molecule has 0 aliphatic carbocycles. The lowest BCUT2D eigenvalue weighted by molar-refractivity contribution is -0.908. The molecular formula is C14H22N3O5+. The summed E-state index contributed by atoms with van der Waals surface area (Å²) in [6.45, 7) is 2.67. The largest absolute Gasteiger partial charge is 0.387 e. The molecule has 2 aliphatic heterocycles. The van der Waals surface area contributed by atoms with E-state index in [2.05, 4.69) is 4.98 Å². The molecule has 8 heteroatoms. The summed E-state index contributed by atoms with van der Waals surface area (Å²) in [6, 6.07) is 1.19. The first-order valence-electron chi connectivity index (χ1n) is 7.73. The number of nitrogens with one attached hydrogen (secondary N) is 2. The van der Waals surface area contributed by atoms with Gasteiger partial charge in [0.15, 0.2) is 6.23 Å². The Kier molecular flexibility index (Phi) is 4.44. The molecule has 0 unspecified atom stereocenters. The fraction of sp³-hybridized carbons (Fsp3) is 0.714. The molecule has 1 aromatic rings. The molecule has 22 heavy (non-hydrogen) atoms. The van der Waals surface area contributed by atoms with Gasteiger partial charge in [0.25, 0.3) is 5.56 Å². The molecule has 0 aromatic carbocycles. The molecule has 0 radical (unpaired) electrons. The molecule has 122 valence electrons. The third-order valence-electron chi connectivity index (χ3n) is 4.51. The van der Waals surface area contributed by atoms with E-state index in [1.165, 1.54) is 23.6 Å². The van der Waals surface area contributed by atoms with Crippen molar-refractivity contribution in [3.05, 3.63) is 33.1 Å². The molecule has 3 rings (SSSR count). The van der Waals surface area contributed by atoms with Gasteiger partial charge in [-0.25, -0.2) is 4.79 Å². The highest BCUT2D eigenvalue weighted by Gasteiger charge is 2.45. The molecular weight excluding hydrogens is 290 g/mol. The van der Waals surface area contributed by atoms with Crippen molar-refractivity contribution in [1.29, 1.82) is 0 Å². The van der Waals surface area contributed by atoms with Gasteiger partial charge in [0, 0.05) is 12.3 Å². The average molecular weight is 312 g/mol. The number of nitrogens with zero attached hydrogens (tertiary/aromatic N) is 1. The Morgan fingerprint density at radius 1 is 1.23 bits per heavy atom. The van der Waals surface area contributed by atoms with E-state index in [4.69, 9.17) is 4.74 Å². The van der Waals surface area contributed by atoms with Gasteiger partial charge in [-0.2, -0.15) is 0 Å². The van der Waals surface area contributed by atoms with E-state index in [1.807, 2.05) is 0 Å². The second kappa shape index (κ2) is 6.33. The molecule has 4 N–H and O–H groups in total. The third-order valence-corrected chi connectivity index (χ3v) is 4.51. The molecule has 2 aliphatic rings. The number of rotatable bonds is 3. The zero-order valence-electron chi connectivity index (χ0n) is 12.3. The zero-order valence-corrected chi connectivity index (χ0v) is 12.3. The van der Waals surface area contributed by atoms with Crippen LogP contribution in [0.4, 0.5) is 0 Å². The summed E-state index contributed by atoms with van der Waals surface area (Å²) >= 11 is 0. The topological polar surface area (TPSA) is 109 Å². The van der Waals surface area contributed by atoms with Gasteiger partial charge in [-0.1, -0.05) is 0 Å². The van der Waals surface area contributed by atoms with Crippen LogP contribution in [-0.2, 0) is 4.74 Å². The summed E-state index contributed by atoms with van der Waals surface area (Å²) in [5, 5.41) is 20.4. The SMILES string of the molecule is O=c1ccn([C@@H]2O[C@@H](C[NH+]3CCCCC3)[C@H](O)[C@H]2O)c(=O)[nH]1. The van der Waals surface area contributed by atoms with Crippen LogP contribution < -0.4 is 16.1 Å². The predicted molar refractivity (Wildman–Crippen MR) is 76.7 cm³/mol. The number of likely N-dealkylation sites (tertiary alicyclic amines) is 1. The number of aliphatic hydroxyl groups is 2. The fourth-order valence-corrected chi connectivity index (χ4v) is 3.30. The van der Waals surface area contributed by atoms with Crippen LogP contribution in [0.1, 0.15) is 25.5 Å². The van der Waals surface area contributed by atoms with Crippen molar-refractivity contribution in [1.82, 2.24) is 9.55 Å². The second-order valence-corrected chi connectivity index (χ2v) is 6.08. The van der Waals surface area contributed by atoms with Crippen molar-refractivity contribution in [2.45, 2.75) is 43.8 Å². The number of hydrogen-bond donors (Lipinski definition) is 4. The number of hydrogen-bond acceptors (Lipinski definition) is 5. The van der Waals surface area contributed by atoms with Crippen molar-refractivity contribution >= 4 is 0 Å². The molecule has 3 heterocycles. The van der Waals surface area contributed by atoms with Gasteiger partial charge in [-0.15, -0.1) is 0 Å². The highest BCUT2D eigenvalue weighted by atomic mass is 16.6. The number of aliphatic hydroxyl groups excluding tert-OH is 2. The van der Waals surface area contributed by atoms with Gasteiger partial charge in [-0.05, 0) is 19.3 Å². The third kappa shape index (κ3) is 3.00. The highest BCUT2D eigenvalue weighted by molar-refractivity contribution is 4.93. The van der Waals surface area contributed by atoms with Crippen molar-refractivity contribution < 1.29 is 19.8 Å². The Labute approximate surface area is 127 Å². The van der Waals surface area contributed by atoms with Gasteiger partial charge in [0.05, 0.1) is 13.1 Å². The summed E-state index contributed by atoms with van der Waals surface area (Å²) in [5.41, 5.74) is -1.17. The number of H-pyrrole nitrogens is 1. The summed E-state index contributed by atoms with van der Waals surface area (Å²) in [5.74, 6) is 0. The van der Waals surface area contributed by atoms with E-state index in [9.17, 15) is 19.8 Å². The minimum atomic E-state index is -1.20. The number of quaternary nitrogens is 1. The van der Waals surface area contributed by atoms with Crippen molar-refractivity contribution in [3.8, 4) is 0 Å². The standard InChI is InChI=1S/C14H21N3O5/c18-10-4-7-17(14(21)15-10)13-12(20)11(19)9(22-13)8-16-5-2-1-3-6-16/h4,7,9,11-13,19-20H,1-3,5-6,8H2,(H,15,18,21)/p+1/t9-,11-,12+,13+/m0/s1. The maximum atomic E-state index is 11.8. The summed E-state index contributed by atoms with van der Waals surface area (Å²) in [7, 11) is 0. The first-order valence-corrected chi connectivity index (χ1v) is 7.73. The molecule has 0 bridgehead atoms. The fourth-order valence-electron chi connectivity index (χ4n) is 3.30. The van der Waals surface area contributed by atoms with Gasteiger partial charge in [0.1, 0.15) is 24.9 Å². The predicted octanol–water partition coefficient (Wildman–Crippen LogP) is -2.78. The molecule has 8 nitrogen and oxygen atoms in total. The molecule has 1 aromatic heterocycles. The van der Waals surface area contributed by atoms with Crippen LogP contribution >= 0.6 is 0 Å². The van der Waals surface area contributed by atoms with Crippen LogP contribution in [0.25, 0.3) is 0 Å². The molecule has 2 saturated heterocycles. The Morgan fingerprint density at radius 2 is 1.95 bits per heavy atom. The Bertz CT molecular complexity index is 621. The van der Waals surface area contributed by atoms with Gasteiger partial charge in [0.2, 0.25) is 0 Å². The van der Waals surface area contributed by atoms with Gasteiger partial charge >= 0.3 is 5.69 Å². The zero-order chi connectivity index (χ0) is 15.7. The number of piperidine rings is 1. The maximum absolute atomic E-state index is 11.8. The Balaban J connectivity index is 1.74. The Morgan fingerprint density at radius 3 is 2.64 bits per heavy atom. The van der Waals surface area contributed by atoms with Gasteiger partial charge < -0.3 is 19.8 Å². The average Bonchev–Trinajstić information content (AvgIpc) is 2.77. The minimum Gasteiger partial charge on any atom is -0.387 e. The summed E-state index contributed by atoms with van der Waals surface area (Å²) in [4.78, 5) is 26.4. The minimum absolute atomic E-state index is 0.511. The van der Waals surface area contributed by atoms with Crippen LogP contribution in [0.2, 0.25) is 0 Å². The quantitative estimate of drug-likeness (QED) is 0.483. The molecule has 0 saturated carbocycles. The Hall–Kier alpha value is -1.48. The van der Waals surface area contributed by atoms with Crippen molar-refractivity contribution in [3.63, 3.8) is 0 Å². The van der Waals surface area contributed by atoms with E-state index in [0.717, 1.165) is 30.5 Å². The lowest BCUT2D eigenvalue weighted by Crippen LogP contribution is -3.14. The normalized spacial score (nSPS) is 33.2. The van der Waals surface area contributed by atoms with E-state index in [-0.39, 0.29) is 0 Å². The highest BCUT2D eigenvalue weighted by Crippen LogP contribution is 2.27. The molecule has 0 spiro atoms. The summed E-state index contributed by atoms with van der Waals surface area (Å²) < 4.78 is 6.83. The number of aromatic nitrogens is 2. The molecule has 2 fully saturated rings. The van der Waals surface area contributed by atoms with Crippen LogP contribution in [0.3, 0.4) is 0 Å². The van der Waals surface area contributed by atoms with Crippen LogP contribution in [0.15, 0.2) is 21.9 Å². The second-order valence-electron chi connectivity index (χ2n) is 6.08. The van der Waals surface area contributed by atoms with Crippen molar-refractivity contribution in [2.75, 3.05) is 19.6 Å². The maximum Gasteiger partial charge on any atom is 0.330 e. The van der Waals surface area contributed by atoms with Gasteiger partial charge in [-0.3, -0.25) is 14.3 Å². The van der Waals surface area contributed by atoms with E-state index < -0.39 is 35.8 Å². The first-order chi connectivity index (χ1) is 10.6. The number of ether oxygens (including phenoxy) is 1. The van der Waals surface area contributed by atoms with Crippen molar-refractivity contribution in [2.24, 2.45) is 0 Å².